The Morgan fingerprint density at radius 2 is 1.95 bits per heavy atom. The van der Waals surface area contributed by atoms with Crippen molar-refractivity contribution in [3.8, 4) is 17.2 Å². The van der Waals surface area contributed by atoms with E-state index in [2.05, 4.69) is 0 Å². The van der Waals surface area contributed by atoms with Crippen LogP contribution in [0, 0.1) is 0 Å². The van der Waals surface area contributed by atoms with Crippen molar-refractivity contribution < 1.29 is 19.0 Å². The molecule has 0 spiro atoms. The maximum Gasteiger partial charge on any atom is 0.258 e. The molecule has 1 heterocycles. The van der Waals surface area contributed by atoms with Crippen molar-refractivity contribution in [1.82, 2.24) is 4.90 Å². The van der Waals surface area contributed by atoms with Crippen LogP contribution >= 0.6 is 11.6 Å². The lowest BCUT2D eigenvalue weighted by atomic mass is 10.1. The van der Waals surface area contributed by atoms with Gasteiger partial charge in [-0.15, -0.1) is 11.6 Å². The fourth-order valence-corrected chi connectivity index (χ4v) is 3.01. The molecule has 1 atom stereocenters. The topological polar surface area (TPSA) is 48.0 Å². The van der Waals surface area contributed by atoms with Gasteiger partial charge in [0.1, 0.15) is 0 Å². The van der Waals surface area contributed by atoms with Gasteiger partial charge in [-0.25, -0.2) is 0 Å². The number of hydrogen-bond acceptors (Lipinski definition) is 4. The summed E-state index contributed by atoms with van der Waals surface area (Å²) in [4.78, 5) is 14.6. The summed E-state index contributed by atoms with van der Waals surface area (Å²) in [6.07, 6.45) is 1.91. The number of carbonyl (C=O) groups is 1. The number of rotatable bonds is 5. The highest BCUT2D eigenvalue weighted by Gasteiger charge is 2.31. The maximum atomic E-state index is 12.8. The van der Waals surface area contributed by atoms with Gasteiger partial charge in [-0.3, -0.25) is 4.79 Å². The molecule has 116 valence electrons. The molecule has 0 bridgehead atoms. The molecule has 0 aliphatic carbocycles. The Kier molecular flexibility index (Phi) is 5.17. The van der Waals surface area contributed by atoms with Gasteiger partial charge in [0, 0.05) is 18.5 Å². The fraction of sp³-hybridized carbons (Fsp3) is 0.533. The fourth-order valence-electron chi connectivity index (χ4n) is 2.69. The monoisotopic (exact) mass is 313 g/mol. The molecule has 0 aromatic heterocycles. The van der Waals surface area contributed by atoms with Crippen LogP contribution in [0.3, 0.4) is 0 Å². The molecule has 2 rings (SSSR count). The molecule has 0 radical (unpaired) electrons. The average Bonchev–Trinajstić information content (AvgIpc) is 3.00. The maximum absolute atomic E-state index is 12.8. The zero-order valence-electron chi connectivity index (χ0n) is 12.5. The zero-order chi connectivity index (χ0) is 15.4. The summed E-state index contributed by atoms with van der Waals surface area (Å²) in [5, 5.41) is 0. The summed E-state index contributed by atoms with van der Waals surface area (Å²) in [7, 11) is 4.58. The van der Waals surface area contributed by atoms with Gasteiger partial charge in [0.15, 0.2) is 11.5 Å². The van der Waals surface area contributed by atoms with Crippen LogP contribution in [-0.4, -0.2) is 50.6 Å². The molecule has 1 saturated heterocycles. The standard InChI is InChI=1S/C15H20ClNO4/c1-19-12-7-6-11(13(20-2)14(12)21-3)15(18)17-8-4-5-10(17)9-16/h6-7,10H,4-5,8-9H2,1-3H3. The van der Waals surface area contributed by atoms with Gasteiger partial charge in [0.2, 0.25) is 5.75 Å². The minimum absolute atomic E-state index is 0.0805. The van der Waals surface area contributed by atoms with E-state index in [1.807, 2.05) is 0 Å². The molecule has 1 aromatic carbocycles. The third kappa shape index (κ3) is 2.88. The summed E-state index contributed by atoms with van der Waals surface area (Å²) in [5.74, 6) is 1.70. The summed E-state index contributed by atoms with van der Waals surface area (Å²) < 4.78 is 15.9. The number of methoxy groups -OCH3 is 3. The predicted molar refractivity (Wildman–Crippen MR) is 80.9 cm³/mol. The Balaban J connectivity index is 2.41. The number of nitrogens with zero attached hydrogens (tertiary/aromatic N) is 1. The minimum Gasteiger partial charge on any atom is -0.493 e. The third-order valence-corrected chi connectivity index (χ3v) is 4.11. The molecule has 1 unspecified atom stereocenters. The van der Waals surface area contributed by atoms with Crippen molar-refractivity contribution >= 4 is 17.5 Å². The molecule has 1 aliphatic heterocycles. The number of carbonyl (C=O) groups excluding carboxylic acids is 1. The van der Waals surface area contributed by atoms with Gasteiger partial charge in [0.25, 0.3) is 5.91 Å². The normalized spacial score (nSPS) is 17.7. The Labute approximate surface area is 129 Å². The molecular formula is C15H20ClNO4. The van der Waals surface area contributed by atoms with Crippen molar-refractivity contribution in [3.05, 3.63) is 17.7 Å². The van der Waals surface area contributed by atoms with Gasteiger partial charge in [-0.05, 0) is 25.0 Å². The van der Waals surface area contributed by atoms with E-state index in [0.29, 0.717) is 35.2 Å². The van der Waals surface area contributed by atoms with Crippen molar-refractivity contribution in [3.63, 3.8) is 0 Å². The molecule has 0 saturated carbocycles. The Bertz CT molecular complexity index is 521. The van der Waals surface area contributed by atoms with E-state index in [1.165, 1.54) is 14.2 Å². The van der Waals surface area contributed by atoms with E-state index in [1.54, 1.807) is 24.1 Å². The molecule has 1 aromatic rings. The van der Waals surface area contributed by atoms with Crippen molar-refractivity contribution in [2.45, 2.75) is 18.9 Å². The Morgan fingerprint density at radius 3 is 2.52 bits per heavy atom. The second-order valence-corrected chi connectivity index (χ2v) is 5.14. The summed E-state index contributed by atoms with van der Waals surface area (Å²) in [6, 6.07) is 3.49. The average molecular weight is 314 g/mol. The van der Waals surface area contributed by atoms with Gasteiger partial charge >= 0.3 is 0 Å². The number of amides is 1. The van der Waals surface area contributed by atoms with E-state index in [0.717, 1.165) is 12.8 Å². The Morgan fingerprint density at radius 1 is 1.24 bits per heavy atom. The summed E-state index contributed by atoms with van der Waals surface area (Å²) >= 11 is 5.94. The van der Waals surface area contributed by atoms with Crippen LogP contribution < -0.4 is 14.2 Å². The van der Waals surface area contributed by atoms with Crippen LogP contribution in [-0.2, 0) is 0 Å². The van der Waals surface area contributed by atoms with Crippen LogP contribution in [0.5, 0.6) is 17.2 Å². The van der Waals surface area contributed by atoms with Crippen LogP contribution in [0.25, 0.3) is 0 Å². The molecule has 1 fully saturated rings. The molecule has 1 aliphatic rings. The van der Waals surface area contributed by atoms with Gasteiger partial charge < -0.3 is 19.1 Å². The first-order valence-corrected chi connectivity index (χ1v) is 7.37. The minimum atomic E-state index is -0.0871. The van der Waals surface area contributed by atoms with Gasteiger partial charge in [-0.1, -0.05) is 0 Å². The molecule has 0 N–H and O–H groups in total. The lowest BCUT2D eigenvalue weighted by Gasteiger charge is -2.24. The van der Waals surface area contributed by atoms with Crippen molar-refractivity contribution in [1.29, 1.82) is 0 Å². The van der Waals surface area contributed by atoms with Gasteiger partial charge in [-0.2, -0.15) is 0 Å². The number of likely N-dealkylation sites (tertiary alicyclic amines) is 1. The first-order valence-electron chi connectivity index (χ1n) is 6.83. The van der Waals surface area contributed by atoms with Crippen LogP contribution in [0.1, 0.15) is 23.2 Å². The third-order valence-electron chi connectivity index (χ3n) is 3.75. The highest BCUT2D eigenvalue weighted by Crippen LogP contribution is 2.40. The number of alkyl halides is 1. The molecule has 5 nitrogen and oxygen atoms in total. The quantitative estimate of drug-likeness (QED) is 0.784. The SMILES string of the molecule is COc1ccc(C(=O)N2CCCC2CCl)c(OC)c1OC. The van der Waals surface area contributed by atoms with Crippen LogP contribution in [0.15, 0.2) is 12.1 Å². The van der Waals surface area contributed by atoms with Crippen molar-refractivity contribution in [2.75, 3.05) is 33.8 Å². The van der Waals surface area contributed by atoms with Crippen LogP contribution in [0.4, 0.5) is 0 Å². The van der Waals surface area contributed by atoms with Gasteiger partial charge in [0.05, 0.1) is 26.9 Å². The predicted octanol–water partition coefficient (Wildman–Crippen LogP) is 2.56. The number of ether oxygens (including phenoxy) is 3. The highest BCUT2D eigenvalue weighted by molar-refractivity contribution is 6.18. The van der Waals surface area contributed by atoms with E-state index < -0.39 is 0 Å². The summed E-state index contributed by atoms with van der Waals surface area (Å²) in [6.45, 7) is 0.716. The summed E-state index contributed by atoms with van der Waals surface area (Å²) in [5.41, 5.74) is 0.465. The lowest BCUT2D eigenvalue weighted by molar-refractivity contribution is 0.0745. The number of hydrogen-bond donors (Lipinski definition) is 0. The van der Waals surface area contributed by atoms with Crippen LogP contribution in [0.2, 0.25) is 0 Å². The number of halogens is 1. The first kappa shape index (κ1) is 15.8. The highest BCUT2D eigenvalue weighted by atomic mass is 35.5. The Hall–Kier alpha value is -1.62. The molecular weight excluding hydrogens is 294 g/mol. The largest absolute Gasteiger partial charge is 0.493 e. The smallest absolute Gasteiger partial charge is 0.258 e. The number of benzene rings is 1. The van der Waals surface area contributed by atoms with E-state index >= 15 is 0 Å². The molecule has 6 heteroatoms. The molecule has 1 amide bonds. The van der Waals surface area contributed by atoms with E-state index in [4.69, 9.17) is 25.8 Å². The second-order valence-electron chi connectivity index (χ2n) is 4.83. The molecule has 21 heavy (non-hydrogen) atoms. The second kappa shape index (κ2) is 6.89. The lowest BCUT2D eigenvalue weighted by Crippen LogP contribution is -2.36. The van der Waals surface area contributed by atoms with Crippen molar-refractivity contribution in [2.24, 2.45) is 0 Å². The van der Waals surface area contributed by atoms with E-state index in [-0.39, 0.29) is 11.9 Å². The first-order chi connectivity index (χ1) is 10.2. The zero-order valence-corrected chi connectivity index (χ0v) is 13.3. The van der Waals surface area contributed by atoms with E-state index in [9.17, 15) is 4.79 Å².